The molecule has 0 fully saturated rings. The molecule has 5 heteroatoms. The van der Waals surface area contributed by atoms with Gasteiger partial charge in [-0.3, -0.25) is 4.79 Å². The summed E-state index contributed by atoms with van der Waals surface area (Å²) in [5, 5.41) is 7.07. The third-order valence-corrected chi connectivity index (χ3v) is 3.86. The zero-order chi connectivity index (χ0) is 15.1. The van der Waals surface area contributed by atoms with E-state index < -0.39 is 0 Å². The van der Waals surface area contributed by atoms with Gasteiger partial charge in [-0.15, -0.1) is 0 Å². The van der Waals surface area contributed by atoms with Crippen molar-refractivity contribution in [3.05, 3.63) is 46.2 Å². The molecule has 0 saturated carbocycles. The van der Waals surface area contributed by atoms with Crippen LogP contribution in [0.1, 0.15) is 11.1 Å². The number of amides is 1. The van der Waals surface area contributed by atoms with Crippen molar-refractivity contribution in [1.29, 1.82) is 0 Å². The Morgan fingerprint density at radius 3 is 2.62 bits per heavy atom. The summed E-state index contributed by atoms with van der Waals surface area (Å²) in [6.07, 6.45) is 1.20. The van der Waals surface area contributed by atoms with Crippen LogP contribution in [0.2, 0.25) is 0 Å². The lowest BCUT2D eigenvalue weighted by Crippen LogP contribution is -2.27. The Bertz CT molecular complexity index is 581. The molecule has 0 aliphatic carbocycles. The largest absolute Gasteiger partial charge is 0.493 e. The standard InChI is InChI=1S/C16H19NO3S/c1-19-14-4-3-13(9-15(14)20-2)10-16(18)17-7-5-12-6-8-21-11-12/h3-4,6,8-9,11H,5,7,10H2,1-2H3,(H,17,18). The lowest BCUT2D eigenvalue weighted by Gasteiger charge is -2.09. The lowest BCUT2D eigenvalue weighted by molar-refractivity contribution is -0.120. The Morgan fingerprint density at radius 2 is 1.95 bits per heavy atom. The van der Waals surface area contributed by atoms with Crippen molar-refractivity contribution in [3.8, 4) is 11.5 Å². The third-order valence-electron chi connectivity index (χ3n) is 3.13. The highest BCUT2D eigenvalue weighted by Gasteiger charge is 2.08. The minimum atomic E-state index is 0.0115. The molecule has 0 spiro atoms. The van der Waals surface area contributed by atoms with Crippen LogP contribution in [0.5, 0.6) is 11.5 Å². The second-order valence-electron chi connectivity index (χ2n) is 4.60. The number of nitrogens with one attached hydrogen (secondary N) is 1. The predicted molar refractivity (Wildman–Crippen MR) is 84.3 cm³/mol. The van der Waals surface area contributed by atoms with Crippen molar-refractivity contribution in [3.63, 3.8) is 0 Å². The van der Waals surface area contributed by atoms with E-state index in [1.54, 1.807) is 25.6 Å². The highest BCUT2D eigenvalue weighted by molar-refractivity contribution is 7.07. The van der Waals surface area contributed by atoms with Crippen LogP contribution in [0, 0.1) is 0 Å². The van der Waals surface area contributed by atoms with Gasteiger partial charge in [0.1, 0.15) is 0 Å². The Balaban J connectivity index is 1.84. The van der Waals surface area contributed by atoms with E-state index in [2.05, 4.69) is 16.8 Å². The number of hydrogen-bond donors (Lipinski definition) is 1. The summed E-state index contributed by atoms with van der Waals surface area (Å²) in [4.78, 5) is 11.9. The van der Waals surface area contributed by atoms with E-state index in [0.717, 1.165) is 12.0 Å². The molecule has 0 unspecified atom stereocenters. The van der Waals surface area contributed by atoms with Crippen LogP contribution in [-0.2, 0) is 17.6 Å². The summed E-state index contributed by atoms with van der Waals surface area (Å²) in [6, 6.07) is 7.59. The van der Waals surface area contributed by atoms with E-state index in [0.29, 0.717) is 24.5 Å². The molecule has 21 heavy (non-hydrogen) atoms. The molecule has 0 saturated heterocycles. The molecule has 0 atom stereocenters. The first-order chi connectivity index (χ1) is 10.2. The number of hydrogen-bond acceptors (Lipinski definition) is 4. The number of carbonyl (C=O) groups excluding carboxylic acids is 1. The zero-order valence-corrected chi connectivity index (χ0v) is 13.0. The number of thiophene rings is 1. The molecule has 0 aliphatic rings. The summed E-state index contributed by atoms with van der Waals surface area (Å²) in [7, 11) is 3.18. The van der Waals surface area contributed by atoms with Crippen molar-refractivity contribution in [1.82, 2.24) is 5.32 Å². The van der Waals surface area contributed by atoms with Gasteiger partial charge in [-0.25, -0.2) is 0 Å². The van der Waals surface area contributed by atoms with Gasteiger partial charge >= 0.3 is 0 Å². The molecular weight excluding hydrogens is 286 g/mol. The van der Waals surface area contributed by atoms with E-state index in [1.165, 1.54) is 5.56 Å². The van der Waals surface area contributed by atoms with Crippen molar-refractivity contribution in [2.75, 3.05) is 20.8 Å². The predicted octanol–water partition coefficient (Wildman–Crippen LogP) is 2.67. The van der Waals surface area contributed by atoms with Gasteiger partial charge in [-0.2, -0.15) is 11.3 Å². The smallest absolute Gasteiger partial charge is 0.224 e. The van der Waals surface area contributed by atoms with E-state index in [-0.39, 0.29) is 5.91 Å². The minimum Gasteiger partial charge on any atom is -0.493 e. The molecule has 1 amide bonds. The molecule has 0 bridgehead atoms. The van der Waals surface area contributed by atoms with Gasteiger partial charge in [-0.05, 0) is 46.5 Å². The molecule has 2 aromatic rings. The number of carbonyl (C=O) groups is 1. The number of ether oxygens (including phenoxy) is 2. The summed E-state index contributed by atoms with van der Waals surface area (Å²) >= 11 is 1.67. The van der Waals surface area contributed by atoms with Gasteiger partial charge in [0.25, 0.3) is 0 Å². The van der Waals surface area contributed by atoms with Gasteiger partial charge in [0.2, 0.25) is 5.91 Å². The van der Waals surface area contributed by atoms with Crippen LogP contribution in [0.3, 0.4) is 0 Å². The molecule has 0 aliphatic heterocycles. The molecular formula is C16H19NO3S. The van der Waals surface area contributed by atoms with Crippen LogP contribution in [0.4, 0.5) is 0 Å². The van der Waals surface area contributed by atoms with E-state index >= 15 is 0 Å². The average molecular weight is 305 g/mol. The first kappa shape index (κ1) is 15.4. The van der Waals surface area contributed by atoms with E-state index in [9.17, 15) is 4.79 Å². The molecule has 4 nitrogen and oxygen atoms in total. The average Bonchev–Trinajstić information content (AvgIpc) is 3.00. The fourth-order valence-corrected chi connectivity index (χ4v) is 2.72. The topological polar surface area (TPSA) is 47.6 Å². The second kappa shape index (κ2) is 7.69. The highest BCUT2D eigenvalue weighted by atomic mass is 32.1. The maximum atomic E-state index is 11.9. The van der Waals surface area contributed by atoms with Gasteiger partial charge in [-0.1, -0.05) is 6.07 Å². The third kappa shape index (κ3) is 4.49. The second-order valence-corrected chi connectivity index (χ2v) is 5.38. The quantitative estimate of drug-likeness (QED) is 0.855. The van der Waals surface area contributed by atoms with Gasteiger partial charge in [0.15, 0.2) is 11.5 Å². The molecule has 0 radical (unpaired) electrons. The van der Waals surface area contributed by atoms with Crippen LogP contribution in [0.15, 0.2) is 35.0 Å². The number of rotatable bonds is 7. The fourth-order valence-electron chi connectivity index (χ4n) is 2.02. The van der Waals surface area contributed by atoms with Crippen molar-refractivity contribution >= 4 is 17.2 Å². The summed E-state index contributed by atoms with van der Waals surface area (Å²) in [6.45, 7) is 0.656. The molecule has 1 aromatic carbocycles. The normalized spacial score (nSPS) is 10.2. The molecule has 1 heterocycles. The Labute approximate surface area is 128 Å². The van der Waals surface area contributed by atoms with Crippen LogP contribution in [0.25, 0.3) is 0 Å². The molecule has 1 aromatic heterocycles. The van der Waals surface area contributed by atoms with Crippen molar-refractivity contribution < 1.29 is 14.3 Å². The Morgan fingerprint density at radius 1 is 1.14 bits per heavy atom. The number of methoxy groups -OCH3 is 2. The summed E-state index contributed by atoms with van der Waals surface area (Å²) in [5.74, 6) is 1.32. The summed E-state index contributed by atoms with van der Waals surface area (Å²) in [5.41, 5.74) is 2.16. The summed E-state index contributed by atoms with van der Waals surface area (Å²) < 4.78 is 10.4. The van der Waals surface area contributed by atoms with Gasteiger partial charge < -0.3 is 14.8 Å². The van der Waals surface area contributed by atoms with Crippen molar-refractivity contribution in [2.45, 2.75) is 12.8 Å². The molecule has 1 N–H and O–H groups in total. The van der Waals surface area contributed by atoms with Crippen LogP contribution < -0.4 is 14.8 Å². The lowest BCUT2D eigenvalue weighted by atomic mass is 10.1. The van der Waals surface area contributed by atoms with Crippen LogP contribution in [-0.4, -0.2) is 26.7 Å². The van der Waals surface area contributed by atoms with Gasteiger partial charge in [0.05, 0.1) is 20.6 Å². The van der Waals surface area contributed by atoms with Gasteiger partial charge in [0, 0.05) is 6.54 Å². The maximum absolute atomic E-state index is 11.9. The SMILES string of the molecule is COc1ccc(CC(=O)NCCc2ccsc2)cc1OC. The molecule has 2 rings (SSSR count). The molecule has 112 valence electrons. The first-order valence-electron chi connectivity index (χ1n) is 6.71. The minimum absolute atomic E-state index is 0.0115. The first-order valence-corrected chi connectivity index (χ1v) is 7.66. The Kier molecular flexibility index (Phi) is 5.63. The van der Waals surface area contributed by atoms with Crippen molar-refractivity contribution in [2.24, 2.45) is 0 Å². The zero-order valence-electron chi connectivity index (χ0n) is 12.2. The fraction of sp³-hybridized carbons (Fsp3) is 0.312. The highest BCUT2D eigenvalue weighted by Crippen LogP contribution is 2.27. The Hall–Kier alpha value is -2.01. The number of benzene rings is 1. The van der Waals surface area contributed by atoms with Crippen LogP contribution >= 0.6 is 11.3 Å². The monoisotopic (exact) mass is 305 g/mol. The maximum Gasteiger partial charge on any atom is 0.224 e. The van der Waals surface area contributed by atoms with E-state index in [4.69, 9.17) is 9.47 Å². The van der Waals surface area contributed by atoms with E-state index in [1.807, 2.05) is 23.6 Å².